The topological polar surface area (TPSA) is 67.8 Å². The van der Waals surface area contributed by atoms with Crippen molar-refractivity contribution in [2.45, 2.75) is 0 Å². The van der Waals surface area contributed by atoms with Crippen LogP contribution in [0.15, 0.2) is 72.8 Å². The van der Waals surface area contributed by atoms with Gasteiger partial charge in [0.15, 0.2) is 11.5 Å². The molecule has 0 unspecified atom stereocenters. The molecule has 0 aromatic heterocycles. The number of anilines is 1. The lowest BCUT2D eigenvalue weighted by molar-refractivity contribution is 0.0697. The Kier molecular flexibility index (Phi) is 6.51. The van der Waals surface area contributed by atoms with Crippen molar-refractivity contribution in [3.8, 4) is 11.5 Å². The number of benzene rings is 3. The first kappa shape index (κ1) is 19.7. The fourth-order valence-corrected chi connectivity index (χ4v) is 4.97. The molecule has 0 aliphatic rings. The number of carboxylic acids is 1. The first-order chi connectivity index (χ1) is 13.6. The number of carboxylic acid groups (broad SMARTS) is 1. The SMILES string of the molecule is COc1cc(NCP(c2ccccc2)c2ccccc2)c(C(=O)O)cc1OC. The van der Waals surface area contributed by atoms with E-state index in [0.29, 0.717) is 23.5 Å². The molecule has 3 rings (SSSR count). The summed E-state index contributed by atoms with van der Waals surface area (Å²) in [6.45, 7) is 0. The first-order valence-corrected chi connectivity index (χ1v) is 10.3. The van der Waals surface area contributed by atoms with Crippen LogP contribution in [0.1, 0.15) is 10.4 Å². The molecule has 3 aromatic rings. The van der Waals surface area contributed by atoms with E-state index in [1.807, 2.05) is 36.4 Å². The lowest BCUT2D eigenvalue weighted by Crippen LogP contribution is -2.18. The molecule has 0 aliphatic carbocycles. The number of hydrogen-bond donors (Lipinski definition) is 2. The number of aromatic carboxylic acids is 1. The molecule has 0 spiro atoms. The number of ether oxygens (including phenoxy) is 2. The molecule has 0 heterocycles. The van der Waals surface area contributed by atoms with Crippen molar-refractivity contribution < 1.29 is 19.4 Å². The first-order valence-electron chi connectivity index (χ1n) is 8.75. The van der Waals surface area contributed by atoms with Crippen molar-refractivity contribution in [3.05, 3.63) is 78.4 Å². The van der Waals surface area contributed by atoms with Crippen molar-refractivity contribution in [3.63, 3.8) is 0 Å². The van der Waals surface area contributed by atoms with Gasteiger partial charge in [0.25, 0.3) is 0 Å². The van der Waals surface area contributed by atoms with Gasteiger partial charge in [-0.15, -0.1) is 0 Å². The van der Waals surface area contributed by atoms with Gasteiger partial charge in [-0.25, -0.2) is 4.79 Å². The molecule has 0 saturated carbocycles. The Morgan fingerprint density at radius 2 is 1.39 bits per heavy atom. The van der Waals surface area contributed by atoms with E-state index in [-0.39, 0.29) is 5.56 Å². The minimum Gasteiger partial charge on any atom is -0.493 e. The van der Waals surface area contributed by atoms with Gasteiger partial charge in [-0.1, -0.05) is 60.7 Å². The van der Waals surface area contributed by atoms with E-state index in [4.69, 9.17) is 9.47 Å². The summed E-state index contributed by atoms with van der Waals surface area (Å²) in [7, 11) is 2.31. The van der Waals surface area contributed by atoms with E-state index in [1.165, 1.54) is 30.9 Å². The van der Waals surface area contributed by atoms with Crippen LogP contribution in [0, 0.1) is 0 Å². The van der Waals surface area contributed by atoms with Crippen LogP contribution in [-0.2, 0) is 0 Å². The standard InChI is InChI=1S/C22H22NO4P/c1-26-20-13-18(22(24)25)19(14-21(20)27-2)23-15-28(16-9-5-3-6-10-16)17-11-7-4-8-12-17/h3-14,23H,15H2,1-2H3,(H,24,25). The molecule has 0 bridgehead atoms. The molecule has 5 nitrogen and oxygen atoms in total. The van der Waals surface area contributed by atoms with E-state index < -0.39 is 13.9 Å². The highest BCUT2D eigenvalue weighted by Crippen LogP contribution is 2.37. The van der Waals surface area contributed by atoms with E-state index >= 15 is 0 Å². The number of nitrogens with one attached hydrogen (secondary N) is 1. The molecule has 0 atom stereocenters. The minimum atomic E-state index is -1.02. The van der Waals surface area contributed by atoms with Crippen LogP contribution in [0.2, 0.25) is 0 Å². The molecule has 144 valence electrons. The third-order valence-electron chi connectivity index (χ3n) is 4.32. The Labute approximate surface area is 165 Å². The van der Waals surface area contributed by atoms with Gasteiger partial charge in [-0.05, 0) is 18.5 Å². The van der Waals surface area contributed by atoms with E-state index in [2.05, 4.69) is 29.6 Å². The summed E-state index contributed by atoms with van der Waals surface area (Å²) in [6.07, 6.45) is 0.596. The monoisotopic (exact) mass is 395 g/mol. The molecular formula is C22H22NO4P. The smallest absolute Gasteiger partial charge is 0.337 e. The van der Waals surface area contributed by atoms with Crippen LogP contribution in [0.5, 0.6) is 11.5 Å². The van der Waals surface area contributed by atoms with Crippen molar-refractivity contribution in [2.75, 3.05) is 25.8 Å². The fraction of sp³-hybridized carbons (Fsp3) is 0.136. The zero-order valence-electron chi connectivity index (χ0n) is 15.8. The van der Waals surface area contributed by atoms with Crippen LogP contribution in [0.3, 0.4) is 0 Å². The summed E-state index contributed by atoms with van der Waals surface area (Å²) in [5.74, 6) is -0.148. The van der Waals surface area contributed by atoms with Crippen molar-refractivity contribution in [1.29, 1.82) is 0 Å². The maximum absolute atomic E-state index is 11.7. The Balaban J connectivity index is 1.94. The van der Waals surface area contributed by atoms with E-state index in [9.17, 15) is 9.90 Å². The zero-order valence-corrected chi connectivity index (χ0v) is 16.6. The van der Waals surface area contributed by atoms with Crippen molar-refractivity contribution in [2.24, 2.45) is 0 Å². The normalized spacial score (nSPS) is 10.5. The van der Waals surface area contributed by atoms with Gasteiger partial charge in [-0.3, -0.25) is 0 Å². The summed E-state index contributed by atoms with van der Waals surface area (Å²) >= 11 is 0. The molecule has 0 fully saturated rings. The number of rotatable bonds is 8. The summed E-state index contributed by atoms with van der Waals surface area (Å²) in [4.78, 5) is 11.7. The van der Waals surface area contributed by atoms with Crippen molar-refractivity contribution in [1.82, 2.24) is 0 Å². The Morgan fingerprint density at radius 1 is 0.893 bits per heavy atom. The molecule has 0 radical (unpaired) electrons. The Hall–Kier alpha value is -3.04. The minimum absolute atomic E-state index is 0.147. The quantitative estimate of drug-likeness (QED) is 0.566. The summed E-state index contributed by atoms with van der Waals surface area (Å²) < 4.78 is 10.6. The van der Waals surface area contributed by atoms with Gasteiger partial charge in [0, 0.05) is 18.4 Å². The second kappa shape index (κ2) is 9.25. The third-order valence-corrected chi connectivity index (χ3v) is 6.63. The molecule has 0 saturated heterocycles. The van der Waals surface area contributed by atoms with Gasteiger partial charge in [0.1, 0.15) is 0 Å². The maximum atomic E-state index is 11.7. The molecule has 0 aliphatic heterocycles. The summed E-state index contributed by atoms with van der Waals surface area (Å²) in [5, 5.41) is 15.4. The van der Waals surface area contributed by atoms with Crippen LogP contribution >= 0.6 is 7.92 Å². The lowest BCUT2D eigenvalue weighted by Gasteiger charge is -2.21. The third kappa shape index (κ3) is 4.44. The highest BCUT2D eigenvalue weighted by molar-refractivity contribution is 7.73. The molecule has 0 amide bonds. The number of carbonyl (C=O) groups is 1. The van der Waals surface area contributed by atoms with Crippen LogP contribution in [0.25, 0.3) is 0 Å². The van der Waals surface area contributed by atoms with Crippen molar-refractivity contribution >= 4 is 30.2 Å². The van der Waals surface area contributed by atoms with Crippen LogP contribution in [0.4, 0.5) is 5.69 Å². The molecule has 28 heavy (non-hydrogen) atoms. The molecular weight excluding hydrogens is 373 g/mol. The Bertz CT molecular complexity index is 893. The molecule has 6 heteroatoms. The highest BCUT2D eigenvalue weighted by Gasteiger charge is 2.19. The molecule has 2 N–H and O–H groups in total. The van der Waals surface area contributed by atoms with E-state index in [1.54, 1.807) is 6.07 Å². The lowest BCUT2D eigenvalue weighted by atomic mass is 10.1. The summed E-state index contributed by atoms with van der Waals surface area (Å²) in [5.41, 5.74) is 0.651. The van der Waals surface area contributed by atoms with Crippen LogP contribution in [-0.4, -0.2) is 31.6 Å². The number of hydrogen-bond acceptors (Lipinski definition) is 4. The van der Waals surface area contributed by atoms with Gasteiger partial charge in [0.05, 0.1) is 25.5 Å². The van der Waals surface area contributed by atoms with E-state index in [0.717, 1.165) is 0 Å². The average Bonchev–Trinajstić information content (AvgIpc) is 2.74. The Morgan fingerprint density at radius 3 is 1.86 bits per heavy atom. The zero-order chi connectivity index (χ0) is 19.9. The largest absolute Gasteiger partial charge is 0.493 e. The maximum Gasteiger partial charge on any atom is 0.337 e. The van der Waals surface area contributed by atoms with Gasteiger partial charge < -0.3 is 19.9 Å². The predicted molar refractivity (Wildman–Crippen MR) is 114 cm³/mol. The number of methoxy groups -OCH3 is 2. The highest BCUT2D eigenvalue weighted by atomic mass is 31.1. The second-order valence-corrected chi connectivity index (χ2v) is 8.20. The molecule has 3 aromatic carbocycles. The average molecular weight is 395 g/mol. The van der Waals surface area contributed by atoms with Gasteiger partial charge >= 0.3 is 5.97 Å². The van der Waals surface area contributed by atoms with Gasteiger partial charge in [0.2, 0.25) is 0 Å². The fourth-order valence-electron chi connectivity index (χ4n) is 2.91. The van der Waals surface area contributed by atoms with Gasteiger partial charge in [-0.2, -0.15) is 0 Å². The predicted octanol–water partition coefficient (Wildman–Crippen LogP) is 3.90. The van der Waals surface area contributed by atoms with Crippen LogP contribution < -0.4 is 25.4 Å². The second-order valence-electron chi connectivity index (χ2n) is 5.99. The summed E-state index contributed by atoms with van der Waals surface area (Å²) in [6, 6.07) is 23.6.